The highest BCUT2D eigenvalue weighted by Crippen LogP contribution is 2.51. The Labute approximate surface area is 144 Å². The molecule has 0 N–H and O–H groups in total. The molecule has 0 aliphatic heterocycles. The molecule has 1 aliphatic rings. The van der Waals surface area contributed by atoms with Gasteiger partial charge >= 0.3 is 0 Å². The lowest BCUT2D eigenvalue weighted by Gasteiger charge is -2.21. The van der Waals surface area contributed by atoms with Crippen LogP contribution < -0.4 is 0 Å². The van der Waals surface area contributed by atoms with Crippen molar-refractivity contribution in [2.24, 2.45) is 0 Å². The molecule has 2 heteroatoms. The molecular formula is C21H15ClS. The van der Waals surface area contributed by atoms with Gasteiger partial charge in [0.1, 0.15) is 0 Å². The highest BCUT2D eigenvalue weighted by atomic mass is 35.5. The Morgan fingerprint density at radius 3 is 2.43 bits per heavy atom. The van der Waals surface area contributed by atoms with E-state index in [1.807, 2.05) is 17.4 Å². The van der Waals surface area contributed by atoms with Gasteiger partial charge in [-0.1, -0.05) is 55.8 Å². The van der Waals surface area contributed by atoms with Crippen LogP contribution in [-0.2, 0) is 5.41 Å². The number of halogens is 1. The van der Waals surface area contributed by atoms with Gasteiger partial charge in [0.15, 0.2) is 0 Å². The average molecular weight is 335 g/mol. The first-order chi connectivity index (χ1) is 11.1. The van der Waals surface area contributed by atoms with E-state index >= 15 is 0 Å². The molecule has 0 nitrogen and oxygen atoms in total. The first-order valence-electron chi connectivity index (χ1n) is 7.82. The van der Waals surface area contributed by atoms with Crippen LogP contribution in [0.4, 0.5) is 0 Å². The molecule has 4 aromatic rings. The van der Waals surface area contributed by atoms with Crippen molar-refractivity contribution >= 4 is 43.1 Å². The van der Waals surface area contributed by atoms with Gasteiger partial charge in [0.2, 0.25) is 0 Å². The highest BCUT2D eigenvalue weighted by Gasteiger charge is 2.35. The van der Waals surface area contributed by atoms with Gasteiger partial charge in [-0.15, -0.1) is 11.3 Å². The molecule has 1 heterocycles. The second-order valence-electron chi connectivity index (χ2n) is 6.81. The van der Waals surface area contributed by atoms with Crippen molar-refractivity contribution in [2.45, 2.75) is 19.3 Å². The molecular weight excluding hydrogens is 320 g/mol. The molecule has 0 unspecified atom stereocenters. The van der Waals surface area contributed by atoms with E-state index in [1.165, 1.54) is 42.4 Å². The molecule has 0 atom stereocenters. The van der Waals surface area contributed by atoms with Crippen LogP contribution in [-0.4, -0.2) is 0 Å². The lowest BCUT2D eigenvalue weighted by atomic mass is 9.82. The largest absolute Gasteiger partial charge is 0.135 e. The van der Waals surface area contributed by atoms with E-state index in [0.29, 0.717) is 0 Å². The second-order valence-corrected chi connectivity index (χ2v) is 8.33. The molecule has 23 heavy (non-hydrogen) atoms. The van der Waals surface area contributed by atoms with Crippen LogP contribution >= 0.6 is 22.9 Å². The van der Waals surface area contributed by atoms with Crippen LogP contribution in [0.2, 0.25) is 5.02 Å². The van der Waals surface area contributed by atoms with Crippen molar-refractivity contribution in [2.75, 3.05) is 0 Å². The van der Waals surface area contributed by atoms with E-state index in [1.54, 1.807) is 0 Å². The zero-order chi connectivity index (χ0) is 15.8. The SMILES string of the molecule is CC1(C)c2ccccc2-c2cc3c(cc21)sc1cc(Cl)ccc13. The summed E-state index contributed by atoms with van der Waals surface area (Å²) in [5.41, 5.74) is 5.69. The third-order valence-corrected chi connectivity index (χ3v) is 6.49. The van der Waals surface area contributed by atoms with E-state index in [2.05, 4.69) is 62.4 Å². The summed E-state index contributed by atoms with van der Waals surface area (Å²) in [7, 11) is 0. The minimum atomic E-state index is 0.0634. The molecule has 1 aliphatic carbocycles. The number of thiophene rings is 1. The molecule has 1 aromatic heterocycles. The molecule has 0 radical (unpaired) electrons. The smallest absolute Gasteiger partial charge is 0.0420 e. The van der Waals surface area contributed by atoms with Gasteiger partial charge in [0.05, 0.1) is 0 Å². The van der Waals surface area contributed by atoms with Crippen LogP contribution in [0.25, 0.3) is 31.3 Å². The monoisotopic (exact) mass is 334 g/mol. The molecule has 0 spiro atoms. The predicted octanol–water partition coefficient (Wildman–Crippen LogP) is 7.01. The fourth-order valence-corrected chi connectivity index (χ4v) is 5.35. The summed E-state index contributed by atoms with van der Waals surface area (Å²) in [5.74, 6) is 0. The summed E-state index contributed by atoms with van der Waals surface area (Å²) >= 11 is 8.00. The van der Waals surface area contributed by atoms with Crippen LogP contribution in [0.15, 0.2) is 54.6 Å². The second kappa shape index (κ2) is 4.37. The lowest BCUT2D eigenvalue weighted by molar-refractivity contribution is 0.661. The van der Waals surface area contributed by atoms with E-state index in [4.69, 9.17) is 11.6 Å². The van der Waals surface area contributed by atoms with Gasteiger partial charge in [0.25, 0.3) is 0 Å². The Kier molecular flexibility index (Phi) is 2.58. The van der Waals surface area contributed by atoms with Crippen molar-refractivity contribution in [3.63, 3.8) is 0 Å². The van der Waals surface area contributed by atoms with Crippen LogP contribution in [0, 0.1) is 0 Å². The quantitative estimate of drug-likeness (QED) is 0.324. The Morgan fingerprint density at radius 1 is 0.783 bits per heavy atom. The zero-order valence-electron chi connectivity index (χ0n) is 13.0. The Bertz CT molecular complexity index is 1100. The summed E-state index contributed by atoms with van der Waals surface area (Å²) in [4.78, 5) is 0. The lowest BCUT2D eigenvalue weighted by Crippen LogP contribution is -2.14. The number of benzene rings is 3. The van der Waals surface area contributed by atoms with Crippen LogP contribution in [0.3, 0.4) is 0 Å². The molecule has 0 amide bonds. The van der Waals surface area contributed by atoms with Gasteiger partial charge in [0, 0.05) is 30.6 Å². The number of hydrogen-bond donors (Lipinski definition) is 0. The van der Waals surface area contributed by atoms with Crippen LogP contribution in [0.1, 0.15) is 25.0 Å². The summed E-state index contributed by atoms with van der Waals surface area (Å²) in [6.07, 6.45) is 0. The molecule has 0 bridgehead atoms. The van der Waals surface area contributed by atoms with Gasteiger partial charge in [-0.2, -0.15) is 0 Å². The summed E-state index contributed by atoms with van der Waals surface area (Å²) < 4.78 is 2.61. The third kappa shape index (κ3) is 1.72. The van der Waals surface area contributed by atoms with Crippen molar-refractivity contribution in [3.05, 3.63) is 70.7 Å². The third-order valence-electron chi connectivity index (χ3n) is 5.14. The van der Waals surface area contributed by atoms with E-state index in [-0.39, 0.29) is 5.41 Å². The van der Waals surface area contributed by atoms with E-state index in [9.17, 15) is 0 Å². The summed E-state index contributed by atoms with van der Waals surface area (Å²) in [6.45, 7) is 4.65. The van der Waals surface area contributed by atoms with E-state index < -0.39 is 0 Å². The molecule has 5 rings (SSSR count). The molecule has 0 saturated heterocycles. The summed E-state index contributed by atoms with van der Waals surface area (Å²) in [6, 6.07) is 19.8. The van der Waals surface area contributed by atoms with Crippen molar-refractivity contribution in [1.82, 2.24) is 0 Å². The standard InChI is InChI=1S/C21H15ClS/c1-21(2)17-6-4-3-5-13(17)15-10-16-14-8-7-12(22)9-19(14)23-20(16)11-18(15)21/h3-11H,1-2H3. The number of fused-ring (bicyclic) bond motifs is 6. The van der Waals surface area contributed by atoms with Crippen molar-refractivity contribution in [3.8, 4) is 11.1 Å². The molecule has 0 fully saturated rings. The maximum absolute atomic E-state index is 6.17. The topological polar surface area (TPSA) is 0 Å². The molecule has 112 valence electrons. The highest BCUT2D eigenvalue weighted by molar-refractivity contribution is 7.25. The maximum atomic E-state index is 6.17. The molecule has 3 aromatic carbocycles. The van der Waals surface area contributed by atoms with Gasteiger partial charge < -0.3 is 0 Å². The fraction of sp³-hybridized carbons (Fsp3) is 0.143. The van der Waals surface area contributed by atoms with Crippen molar-refractivity contribution < 1.29 is 0 Å². The maximum Gasteiger partial charge on any atom is 0.0420 e. The average Bonchev–Trinajstić information content (AvgIpc) is 2.99. The first-order valence-corrected chi connectivity index (χ1v) is 9.01. The Morgan fingerprint density at radius 2 is 1.57 bits per heavy atom. The Hall–Kier alpha value is -1.83. The minimum absolute atomic E-state index is 0.0634. The van der Waals surface area contributed by atoms with E-state index in [0.717, 1.165) is 5.02 Å². The van der Waals surface area contributed by atoms with Gasteiger partial charge in [-0.05, 0) is 46.5 Å². The first kappa shape index (κ1) is 13.6. The normalized spacial score (nSPS) is 15.1. The van der Waals surface area contributed by atoms with Crippen LogP contribution in [0.5, 0.6) is 0 Å². The molecule has 0 saturated carbocycles. The number of hydrogen-bond acceptors (Lipinski definition) is 1. The predicted molar refractivity (Wildman–Crippen MR) is 102 cm³/mol. The van der Waals surface area contributed by atoms with Crippen molar-refractivity contribution in [1.29, 1.82) is 0 Å². The van der Waals surface area contributed by atoms with Gasteiger partial charge in [-0.3, -0.25) is 0 Å². The summed E-state index contributed by atoms with van der Waals surface area (Å²) in [5, 5.41) is 3.45. The zero-order valence-corrected chi connectivity index (χ0v) is 14.6. The van der Waals surface area contributed by atoms with Gasteiger partial charge in [-0.25, -0.2) is 0 Å². The minimum Gasteiger partial charge on any atom is -0.135 e. The Balaban J connectivity index is 1.93. The number of rotatable bonds is 0. The fourth-order valence-electron chi connectivity index (χ4n) is 3.94.